The zero-order chi connectivity index (χ0) is 24.0. The molecule has 0 bridgehead atoms. The van der Waals surface area contributed by atoms with Crippen LogP contribution in [0.1, 0.15) is 30.6 Å². The second-order valence-electron chi connectivity index (χ2n) is 8.78. The molecule has 2 atom stereocenters. The maximum Gasteiger partial charge on any atom is 0.255 e. The minimum absolute atomic E-state index is 0.151. The van der Waals surface area contributed by atoms with E-state index in [1.54, 1.807) is 29.2 Å². The van der Waals surface area contributed by atoms with Crippen LogP contribution < -0.4 is 20.7 Å². The summed E-state index contributed by atoms with van der Waals surface area (Å²) in [5.41, 5.74) is 0.262. The number of para-hydroxylation sites is 1. The SMILES string of the molecule is CC(C)[C@@H]1NC(=O)C[C@@H](C(=O)N2CCN(C)CC2)NC(=O)c2ccccc2OCCNC1=O. The molecular formula is C23H33N5O5. The van der Waals surface area contributed by atoms with E-state index in [1.807, 2.05) is 20.9 Å². The third kappa shape index (κ3) is 6.44. The van der Waals surface area contributed by atoms with Gasteiger partial charge in [-0.1, -0.05) is 26.0 Å². The van der Waals surface area contributed by atoms with Gasteiger partial charge in [0.15, 0.2) is 0 Å². The number of hydrogen-bond donors (Lipinski definition) is 3. The van der Waals surface area contributed by atoms with Crippen LogP contribution in [0, 0.1) is 5.92 Å². The van der Waals surface area contributed by atoms with Crippen molar-refractivity contribution in [3.8, 4) is 5.75 Å². The minimum atomic E-state index is -1.06. The largest absolute Gasteiger partial charge is 0.491 e. The lowest BCUT2D eigenvalue weighted by molar-refractivity contribution is -0.137. The quantitative estimate of drug-likeness (QED) is 0.554. The van der Waals surface area contributed by atoms with E-state index in [-0.39, 0.29) is 42.9 Å². The predicted molar refractivity (Wildman–Crippen MR) is 122 cm³/mol. The summed E-state index contributed by atoms with van der Waals surface area (Å²) in [5.74, 6) is -1.42. The minimum Gasteiger partial charge on any atom is -0.491 e. The standard InChI is InChI=1S/C23H33N5O5/c1-15(2)20-22(31)24-8-13-33-18-7-5-4-6-16(18)21(30)25-17(14-19(29)26-20)23(32)28-11-9-27(3)10-12-28/h4-7,15,17,20H,8-14H2,1-3H3,(H,24,31)(H,25,30)(H,26,29)/t17-,20-/m0/s1. The van der Waals surface area contributed by atoms with Crippen molar-refractivity contribution in [2.24, 2.45) is 5.92 Å². The molecule has 1 aromatic rings. The molecule has 2 aliphatic rings. The van der Waals surface area contributed by atoms with Crippen LogP contribution in [-0.2, 0) is 14.4 Å². The Labute approximate surface area is 194 Å². The van der Waals surface area contributed by atoms with Crippen LogP contribution in [0.3, 0.4) is 0 Å². The lowest BCUT2D eigenvalue weighted by Gasteiger charge is -2.35. The number of likely N-dealkylation sites (N-methyl/N-ethyl adjacent to an activating group) is 1. The number of amides is 4. The number of nitrogens with zero attached hydrogens (tertiary/aromatic N) is 2. The molecule has 0 spiro atoms. The van der Waals surface area contributed by atoms with Gasteiger partial charge in [-0.05, 0) is 25.1 Å². The van der Waals surface area contributed by atoms with Gasteiger partial charge >= 0.3 is 0 Å². The summed E-state index contributed by atoms with van der Waals surface area (Å²) in [6.07, 6.45) is -0.267. The monoisotopic (exact) mass is 459 g/mol. The van der Waals surface area contributed by atoms with Crippen molar-refractivity contribution in [1.82, 2.24) is 25.8 Å². The predicted octanol–water partition coefficient (Wildman–Crippen LogP) is -0.401. The van der Waals surface area contributed by atoms with Crippen molar-refractivity contribution in [2.75, 3.05) is 46.4 Å². The molecule has 1 fully saturated rings. The van der Waals surface area contributed by atoms with Gasteiger partial charge in [0, 0.05) is 26.2 Å². The fraction of sp³-hybridized carbons (Fsp3) is 0.565. The average molecular weight is 460 g/mol. The van der Waals surface area contributed by atoms with E-state index in [1.165, 1.54) is 0 Å². The van der Waals surface area contributed by atoms with Crippen LogP contribution in [0.2, 0.25) is 0 Å². The lowest BCUT2D eigenvalue weighted by atomic mass is 10.0. The first-order valence-electron chi connectivity index (χ1n) is 11.3. The molecule has 10 heteroatoms. The second kappa shape index (κ2) is 11.1. The molecule has 0 radical (unpaired) electrons. The molecular weight excluding hydrogens is 426 g/mol. The van der Waals surface area contributed by atoms with Crippen molar-refractivity contribution >= 4 is 23.6 Å². The normalized spacial score (nSPS) is 23.5. The van der Waals surface area contributed by atoms with Gasteiger partial charge in [0.25, 0.3) is 5.91 Å². The number of fused-ring (bicyclic) bond motifs is 1. The smallest absolute Gasteiger partial charge is 0.255 e. The van der Waals surface area contributed by atoms with E-state index < -0.39 is 23.9 Å². The molecule has 1 saturated heterocycles. The summed E-state index contributed by atoms with van der Waals surface area (Å²) in [7, 11) is 1.98. The van der Waals surface area contributed by atoms with Crippen LogP contribution >= 0.6 is 0 Å². The third-order valence-electron chi connectivity index (χ3n) is 5.86. The Bertz CT molecular complexity index is 882. The van der Waals surface area contributed by atoms with E-state index in [4.69, 9.17) is 4.74 Å². The fourth-order valence-electron chi connectivity index (χ4n) is 3.86. The molecule has 0 aromatic heterocycles. The van der Waals surface area contributed by atoms with Gasteiger partial charge in [0.2, 0.25) is 17.7 Å². The first kappa shape index (κ1) is 24.5. The third-order valence-corrected chi connectivity index (χ3v) is 5.86. The summed E-state index contributed by atoms with van der Waals surface area (Å²) in [6, 6.07) is 4.87. The van der Waals surface area contributed by atoms with Gasteiger partial charge in [-0.3, -0.25) is 19.2 Å². The topological polar surface area (TPSA) is 120 Å². The molecule has 0 aliphatic carbocycles. The van der Waals surface area contributed by atoms with Crippen molar-refractivity contribution < 1.29 is 23.9 Å². The van der Waals surface area contributed by atoms with Crippen molar-refractivity contribution in [1.29, 1.82) is 0 Å². The highest BCUT2D eigenvalue weighted by molar-refractivity contribution is 6.01. The molecule has 3 rings (SSSR count). The number of hydrogen-bond acceptors (Lipinski definition) is 6. The lowest BCUT2D eigenvalue weighted by Crippen LogP contribution is -2.56. The highest BCUT2D eigenvalue weighted by Gasteiger charge is 2.32. The average Bonchev–Trinajstić information content (AvgIpc) is 2.79. The second-order valence-corrected chi connectivity index (χ2v) is 8.78. The molecule has 0 unspecified atom stereocenters. The number of carbonyl (C=O) groups excluding carboxylic acids is 4. The molecule has 2 aliphatic heterocycles. The van der Waals surface area contributed by atoms with Crippen molar-refractivity contribution in [3.05, 3.63) is 29.8 Å². The Morgan fingerprint density at radius 3 is 2.45 bits per heavy atom. The first-order chi connectivity index (χ1) is 15.8. The maximum atomic E-state index is 13.3. The molecule has 33 heavy (non-hydrogen) atoms. The highest BCUT2D eigenvalue weighted by Crippen LogP contribution is 2.19. The first-order valence-corrected chi connectivity index (χ1v) is 11.3. The fourth-order valence-corrected chi connectivity index (χ4v) is 3.86. The van der Waals surface area contributed by atoms with Crippen LogP contribution in [-0.4, -0.2) is 91.9 Å². The zero-order valence-corrected chi connectivity index (χ0v) is 19.4. The van der Waals surface area contributed by atoms with Crippen molar-refractivity contribution in [3.63, 3.8) is 0 Å². The highest BCUT2D eigenvalue weighted by atomic mass is 16.5. The van der Waals surface area contributed by atoms with Crippen LogP contribution in [0.5, 0.6) is 5.75 Å². The zero-order valence-electron chi connectivity index (χ0n) is 19.4. The maximum absolute atomic E-state index is 13.3. The summed E-state index contributed by atoms with van der Waals surface area (Å²) in [6.45, 7) is 6.48. The van der Waals surface area contributed by atoms with Gasteiger partial charge in [0.05, 0.1) is 18.5 Å². The van der Waals surface area contributed by atoms with Gasteiger partial charge in [-0.25, -0.2) is 0 Å². The number of ether oxygens (including phenoxy) is 1. The van der Waals surface area contributed by atoms with E-state index in [0.717, 1.165) is 0 Å². The Hall–Kier alpha value is -3.14. The Kier molecular flexibility index (Phi) is 8.26. The molecule has 180 valence electrons. The summed E-state index contributed by atoms with van der Waals surface area (Å²) in [5, 5.41) is 8.22. The molecule has 3 N–H and O–H groups in total. The van der Waals surface area contributed by atoms with Crippen LogP contribution in [0.25, 0.3) is 0 Å². The summed E-state index contributed by atoms with van der Waals surface area (Å²) in [4.78, 5) is 55.6. The molecule has 10 nitrogen and oxygen atoms in total. The summed E-state index contributed by atoms with van der Waals surface area (Å²) < 4.78 is 5.73. The Balaban J connectivity index is 1.88. The van der Waals surface area contributed by atoms with E-state index in [2.05, 4.69) is 20.9 Å². The number of carbonyl (C=O) groups is 4. The van der Waals surface area contributed by atoms with Gasteiger partial charge in [0.1, 0.15) is 24.4 Å². The van der Waals surface area contributed by atoms with Gasteiger partial charge in [-0.2, -0.15) is 0 Å². The van der Waals surface area contributed by atoms with Gasteiger partial charge in [-0.15, -0.1) is 0 Å². The van der Waals surface area contributed by atoms with Crippen LogP contribution in [0.15, 0.2) is 24.3 Å². The molecule has 1 aromatic carbocycles. The molecule has 0 saturated carbocycles. The number of nitrogens with one attached hydrogen (secondary N) is 3. The molecule has 4 amide bonds. The van der Waals surface area contributed by atoms with E-state index >= 15 is 0 Å². The van der Waals surface area contributed by atoms with Crippen LogP contribution in [0.4, 0.5) is 0 Å². The van der Waals surface area contributed by atoms with Crippen molar-refractivity contribution in [2.45, 2.75) is 32.4 Å². The Morgan fingerprint density at radius 1 is 1.06 bits per heavy atom. The molecule has 2 heterocycles. The summed E-state index contributed by atoms with van der Waals surface area (Å²) >= 11 is 0. The van der Waals surface area contributed by atoms with E-state index in [0.29, 0.717) is 31.9 Å². The number of rotatable bonds is 2. The Morgan fingerprint density at radius 2 is 1.76 bits per heavy atom. The van der Waals surface area contributed by atoms with E-state index in [9.17, 15) is 19.2 Å². The number of piperazine rings is 1. The van der Waals surface area contributed by atoms with Gasteiger partial charge < -0.3 is 30.5 Å². The number of benzene rings is 1.